The van der Waals surface area contributed by atoms with Gasteiger partial charge in [-0.2, -0.15) is 30.6 Å². The van der Waals surface area contributed by atoms with Crippen molar-refractivity contribution in [1.29, 1.82) is 0 Å². The van der Waals surface area contributed by atoms with E-state index >= 15 is 0 Å². The van der Waals surface area contributed by atoms with Gasteiger partial charge in [-0.15, -0.1) is 0 Å². The predicted molar refractivity (Wildman–Crippen MR) is 108 cm³/mol. The normalized spacial score (nSPS) is 18.4. The second-order valence-electron chi connectivity index (χ2n) is 7.57. The van der Waals surface area contributed by atoms with Crippen molar-refractivity contribution >= 4 is 21.3 Å². The molecule has 0 aliphatic carbocycles. The Balaban J connectivity index is 1.87. The number of halogens is 7. The molecule has 1 fully saturated rings. The van der Waals surface area contributed by atoms with E-state index in [1.54, 1.807) is 0 Å². The van der Waals surface area contributed by atoms with Gasteiger partial charge in [-0.05, 0) is 42.8 Å². The molecule has 1 saturated heterocycles. The number of rotatable bonds is 4. The van der Waals surface area contributed by atoms with E-state index < -0.39 is 50.9 Å². The molecule has 0 N–H and O–H groups in total. The topological polar surface area (TPSA) is 40.6 Å². The van der Waals surface area contributed by atoms with Gasteiger partial charge >= 0.3 is 12.4 Å². The second kappa shape index (κ2) is 8.64. The zero-order valence-corrected chi connectivity index (χ0v) is 18.0. The van der Waals surface area contributed by atoms with E-state index in [4.69, 9.17) is 0 Å². The monoisotopic (exact) mass is 496 g/mol. The number of hydrogen-bond donors (Lipinski definition) is 0. The molecule has 1 atom stereocenters. The van der Waals surface area contributed by atoms with Crippen LogP contribution in [0.5, 0.6) is 0 Å². The smallest absolute Gasteiger partial charge is 0.368 e. The largest absolute Gasteiger partial charge is 0.418 e. The maximum atomic E-state index is 13.4. The molecule has 33 heavy (non-hydrogen) atoms. The summed E-state index contributed by atoms with van der Waals surface area (Å²) in [4.78, 5) is 0.921. The Morgan fingerprint density at radius 1 is 1.03 bits per heavy atom. The van der Waals surface area contributed by atoms with E-state index in [2.05, 4.69) is 6.58 Å². The van der Waals surface area contributed by atoms with E-state index in [-0.39, 0.29) is 30.2 Å². The average molecular weight is 496 g/mol. The first-order chi connectivity index (χ1) is 15.1. The Labute approximate surface area is 186 Å². The molecule has 1 aliphatic rings. The first-order valence-corrected chi connectivity index (χ1v) is 11.1. The Kier molecular flexibility index (Phi) is 6.55. The maximum Gasteiger partial charge on any atom is 0.418 e. The molecule has 2 aromatic carbocycles. The van der Waals surface area contributed by atoms with Gasteiger partial charge in [-0.1, -0.05) is 18.7 Å². The molecule has 4 nitrogen and oxygen atoms in total. The molecule has 0 bridgehead atoms. The number of benzene rings is 2. The zero-order chi connectivity index (χ0) is 24.8. The number of nitrogens with zero attached hydrogens (tertiary/aromatic N) is 2. The molecule has 1 unspecified atom stereocenters. The molecule has 0 spiro atoms. The summed E-state index contributed by atoms with van der Waals surface area (Å²) in [7, 11) is -4.25. The SMILES string of the molecule is C=C(c1cccc(S(=O)(=O)N2CCN(c3ccc(F)cc3C(F)(F)F)CC2C)c1)C(F)(F)F. The summed E-state index contributed by atoms with van der Waals surface area (Å²) < 4.78 is 120. The van der Waals surface area contributed by atoms with Crippen LogP contribution in [0.15, 0.2) is 53.9 Å². The fraction of sp³-hybridized carbons (Fsp3) is 0.333. The molecular weight excluding hydrogens is 477 g/mol. The summed E-state index contributed by atoms with van der Waals surface area (Å²) in [6.07, 6.45) is -9.56. The highest BCUT2D eigenvalue weighted by molar-refractivity contribution is 7.89. The zero-order valence-electron chi connectivity index (χ0n) is 17.2. The van der Waals surface area contributed by atoms with Gasteiger partial charge in [0.15, 0.2) is 0 Å². The number of sulfonamides is 1. The van der Waals surface area contributed by atoms with E-state index in [0.29, 0.717) is 6.07 Å². The number of hydrogen-bond acceptors (Lipinski definition) is 3. The fourth-order valence-electron chi connectivity index (χ4n) is 3.67. The predicted octanol–water partition coefficient (Wildman–Crippen LogP) is 5.32. The summed E-state index contributed by atoms with van der Waals surface area (Å²) in [5.41, 5.74) is -3.06. The molecule has 0 radical (unpaired) electrons. The minimum Gasteiger partial charge on any atom is -0.368 e. The van der Waals surface area contributed by atoms with E-state index in [9.17, 15) is 39.2 Å². The van der Waals surface area contributed by atoms with Crippen LogP contribution in [-0.2, 0) is 16.2 Å². The lowest BCUT2D eigenvalue weighted by molar-refractivity contribution is -0.137. The van der Waals surface area contributed by atoms with Gasteiger partial charge in [0.25, 0.3) is 0 Å². The minimum absolute atomic E-state index is 0.132. The Morgan fingerprint density at radius 2 is 1.70 bits per heavy atom. The highest BCUT2D eigenvalue weighted by Crippen LogP contribution is 2.38. The highest BCUT2D eigenvalue weighted by Gasteiger charge is 2.39. The summed E-state index contributed by atoms with van der Waals surface area (Å²) >= 11 is 0. The van der Waals surface area contributed by atoms with Crippen LogP contribution in [-0.4, -0.2) is 44.6 Å². The first-order valence-electron chi connectivity index (χ1n) is 9.62. The van der Waals surface area contributed by atoms with E-state index in [0.717, 1.165) is 40.7 Å². The quantitative estimate of drug-likeness (QED) is 0.538. The van der Waals surface area contributed by atoms with Crippen LogP contribution in [0.1, 0.15) is 18.1 Å². The van der Waals surface area contributed by atoms with Gasteiger partial charge in [-0.3, -0.25) is 0 Å². The molecule has 3 rings (SSSR count). The van der Waals surface area contributed by atoms with Crippen LogP contribution >= 0.6 is 0 Å². The van der Waals surface area contributed by atoms with E-state index in [1.807, 2.05) is 0 Å². The lowest BCUT2D eigenvalue weighted by Gasteiger charge is -2.40. The number of anilines is 1. The molecule has 12 heteroatoms. The van der Waals surface area contributed by atoms with Gasteiger partial charge < -0.3 is 4.90 Å². The summed E-state index contributed by atoms with van der Waals surface area (Å²) in [5.74, 6) is -1.05. The molecule has 180 valence electrons. The van der Waals surface area contributed by atoms with Crippen LogP contribution in [0.4, 0.5) is 36.4 Å². The minimum atomic E-state index is -4.81. The maximum absolute atomic E-state index is 13.4. The Bertz CT molecular complexity index is 1160. The van der Waals surface area contributed by atoms with Gasteiger partial charge in [0, 0.05) is 31.4 Å². The van der Waals surface area contributed by atoms with Gasteiger partial charge in [0.05, 0.1) is 16.0 Å². The second-order valence-corrected chi connectivity index (χ2v) is 9.46. The third-order valence-corrected chi connectivity index (χ3v) is 7.31. The van der Waals surface area contributed by atoms with Crippen molar-refractivity contribution in [1.82, 2.24) is 4.31 Å². The summed E-state index contributed by atoms with van der Waals surface area (Å²) in [5, 5.41) is 0. The summed E-state index contributed by atoms with van der Waals surface area (Å²) in [6.45, 7) is 3.95. The van der Waals surface area contributed by atoms with Crippen LogP contribution < -0.4 is 4.90 Å². The Morgan fingerprint density at radius 3 is 2.27 bits per heavy atom. The third kappa shape index (κ3) is 5.16. The van der Waals surface area contributed by atoms with Crippen molar-refractivity contribution in [3.8, 4) is 0 Å². The number of piperazine rings is 1. The van der Waals surface area contributed by atoms with Gasteiger partial charge in [0.2, 0.25) is 10.0 Å². The highest BCUT2D eigenvalue weighted by atomic mass is 32.2. The molecule has 0 amide bonds. The van der Waals surface area contributed by atoms with Crippen LogP contribution in [0, 0.1) is 5.82 Å². The third-order valence-electron chi connectivity index (χ3n) is 5.30. The van der Waals surface area contributed by atoms with Crippen molar-refractivity contribution in [2.24, 2.45) is 0 Å². The number of allylic oxidation sites excluding steroid dienone is 1. The summed E-state index contributed by atoms with van der Waals surface area (Å²) in [6, 6.07) is 5.69. The molecule has 1 heterocycles. The molecular formula is C21H19F7N2O2S. The van der Waals surface area contributed by atoms with Crippen molar-refractivity contribution in [3.05, 3.63) is 66.0 Å². The molecule has 0 aromatic heterocycles. The average Bonchev–Trinajstić information content (AvgIpc) is 2.71. The first kappa shape index (κ1) is 25.0. The van der Waals surface area contributed by atoms with Crippen LogP contribution in [0.25, 0.3) is 5.57 Å². The lowest BCUT2D eigenvalue weighted by atomic mass is 10.1. The van der Waals surface area contributed by atoms with Crippen molar-refractivity contribution in [3.63, 3.8) is 0 Å². The van der Waals surface area contributed by atoms with Crippen LogP contribution in [0.3, 0.4) is 0 Å². The molecule has 2 aromatic rings. The van der Waals surface area contributed by atoms with Crippen molar-refractivity contribution in [2.75, 3.05) is 24.5 Å². The van der Waals surface area contributed by atoms with Crippen molar-refractivity contribution in [2.45, 2.75) is 30.2 Å². The Hall–Kier alpha value is -2.60. The van der Waals surface area contributed by atoms with Crippen LogP contribution in [0.2, 0.25) is 0 Å². The van der Waals surface area contributed by atoms with E-state index in [1.165, 1.54) is 11.8 Å². The van der Waals surface area contributed by atoms with Crippen molar-refractivity contribution < 1.29 is 39.2 Å². The molecule has 0 saturated carbocycles. The van der Waals surface area contributed by atoms with Gasteiger partial charge in [0.1, 0.15) is 5.82 Å². The fourth-order valence-corrected chi connectivity index (χ4v) is 5.33. The molecule has 1 aliphatic heterocycles. The number of alkyl halides is 6. The van der Waals surface area contributed by atoms with Gasteiger partial charge in [-0.25, -0.2) is 12.8 Å². The standard InChI is InChI=1S/C21H19F7N2O2S/c1-13-12-29(19-7-6-16(22)11-18(19)21(26,27)28)8-9-30(13)33(31,32)17-5-3-4-15(10-17)14(2)20(23,24)25/h3-7,10-11,13H,2,8-9,12H2,1H3. The lowest BCUT2D eigenvalue weighted by Crippen LogP contribution is -2.54.